The average molecular weight is 711 g/mol. The molecular weight excluding hydrogens is 661 g/mol. The van der Waals surface area contributed by atoms with Crippen LogP contribution >= 0.6 is 0 Å². The van der Waals surface area contributed by atoms with Crippen LogP contribution in [-0.2, 0) is 33.1 Å². The molecule has 1 unspecified atom stereocenters. The number of benzene rings is 2. The molecule has 2 aromatic carbocycles. The van der Waals surface area contributed by atoms with Gasteiger partial charge in [-0.05, 0) is 56.9 Å². The zero-order chi connectivity index (χ0) is 37.2. The van der Waals surface area contributed by atoms with Crippen LogP contribution in [0, 0.1) is 5.92 Å². The molecule has 0 saturated heterocycles. The highest BCUT2D eigenvalue weighted by atomic mass is 32.2. The second-order valence-corrected chi connectivity index (χ2v) is 14.8. The van der Waals surface area contributed by atoms with Gasteiger partial charge in [-0.15, -0.1) is 0 Å². The maximum atomic E-state index is 13.9. The Morgan fingerprint density at radius 2 is 1.52 bits per heavy atom. The number of aromatic nitrogens is 2. The topological polar surface area (TPSA) is 184 Å². The summed E-state index contributed by atoms with van der Waals surface area (Å²) >= 11 is 0. The highest BCUT2D eigenvalue weighted by molar-refractivity contribution is 7.92. The van der Waals surface area contributed by atoms with Crippen LogP contribution < -0.4 is 30.9 Å². The smallest absolute Gasteiger partial charge is 0.251 e. The van der Waals surface area contributed by atoms with E-state index in [9.17, 15) is 27.6 Å². The molecule has 50 heavy (non-hydrogen) atoms. The van der Waals surface area contributed by atoms with Gasteiger partial charge >= 0.3 is 0 Å². The van der Waals surface area contributed by atoms with E-state index in [1.165, 1.54) is 25.2 Å². The Morgan fingerprint density at radius 3 is 2.06 bits per heavy atom. The lowest BCUT2D eigenvalue weighted by molar-refractivity contribution is -0.130. The van der Waals surface area contributed by atoms with Gasteiger partial charge in [0.2, 0.25) is 21.8 Å². The van der Waals surface area contributed by atoms with Gasteiger partial charge in [0, 0.05) is 56.1 Å². The van der Waals surface area contributed by atoms with Crippen LogP contribution in [0.3, 0.4) is 0 Å². The van der Waals surface area contributed by atoms with Crippen LogP contribution in [0.2, 0.25) is 0 Å². The molecular formula is C35H50N8O6S. The number of hydrogen-bond acceptors (Lipinski definition) is 8. The summed E-state index contributed by atoms with van der Waals surface area (Å²) in [6.45, 7) is 9.60. The fourth-order valence-corrected chi connectivity index (χ4v) is 5.61. The van der Waals surface area contributed by atoms with Crippen LogP contribution in [0.25, 0.3) is 0 Å². The van der Waals surface area contributed by atoms with Gasteiger partial charge in [0.05, 0.1) is 30.2 Å². The number of rotatable bonds is 17. The van der Waals surface area contributed by atoms with E-state index >= 15 is 0 Å². The van der Waals surface area contributed by atoms with Gasteiger partial charge in [0.25, 0.3) is 11.8 Å². The van der Waals surface area contributed by atoms with E-state index in [1.807, 2.05) is 51.1 Å². The van der Waals surface area contributed by atoms with Gasteiger partial charge in [-0.3, -0.25) is 28.2 Å². The third kappa shape index (κ3) is 11.4. The van der Waals surface area contributed by atoms with Crippen molar-refractivity contribution in [1.29, 1.82) is 0 Å². The number of sulfonamides is 1. The van der Waals surface area contributed by atoms with Crippen molar-refractivity contribution >= 4 is 39.3 Å². The van der Waals surface area contributed by atoms with Gasteiger partial charge in [-0.25, -0.2) is 8.42 Å². The predicted molar refractivity (Wildman–Crippen MR) is 193 cm³/mol. The van der Waals surface area contributed by atoms with Crippen LogP contribution in [0.15, 0.2) is 60.9 Å². The molecule has 0 fully saturated rings. The van der Waals surface area contributed by atoms with Crippen LogP contribution in [-0.4, -0.2) is 86.3 Å². The van der Waals surface area contributed by atoms with E-state index in [0.717, 1.165) is 21.7 Å². The summed E-state index contributed by atoms with van der Waals surface area (Å²) in [4.78, 5) is 52.9. The first-order valence-corrected chi connectivity index (χ1v) is 18.4. The van der Waals surface area contributed by atoms with Gasteiger partial charge in [0.1, 0.15) is 6.04 Å². The minimum absolute atomic E-state index is 0.0720. The molecule has 4 amide bonds. The number of hydrogen-bond donors (Lipinski definition) is 5. The van der Waals surface area contributed by atoms with E-state index in [0.29, 0.717) is 13.0 Å². The lowest BCUT2D eigenvalue weighted by atomic mass is 10.0. The number of carbonyl (C=O) groups is 4. The second kappa shape index (κ2) is 17.8. The monoisotopic (exact) mass is 710 g/mol. The molecule has 3 rings (SSSR count). The number of likely N-dealkylation sites (N-methyl/N-ethyl adjacent to an activating group) is 1. The second-order valence-electron chi connectivity index (χ2n) is 12.8. The lowest BCUT2D eigenvalue weighted by Crippen LogP contribution is -2.55. The van der Waals surface area contributed by atoms with Crippen molar-refractivity contribution in [2.45, 2.75) is 65.2 Å². The van der Waals surface area contributed by atoms with E-state index < -0.39 is 46.0 Å². The first-order valence-electron chi connectivity index (χ1n) is 16.5. The van der Waals surface area contributed by atoms with Crippen LogP contribution in [0.4, 0.5) is 5.69 Å². The molecule has 272 valence electrons. The van der Waals surface area contributed by atoms with Crippen molar-refractivity contribution in [3.8, 4) is 0 Å². The van der Waals surface area contributed by atoms with E-state index in [2.05, 4.69) is 31.7 Å². The third-order valence-electron chi connectivity index (χ3n) is 8.20. The summed E-state index contributed by atoms with van der Waals surface area (Å²) < 4.78 is 27.6. The third-order valence-corrected chi connectivity index (χ3v) is 9.40. The molecule has 0 bridgehead atoms. The summed E-state index contributed by atoms with van der Waals surface area (Å²) in [7, 11) is -0.623. The quantitative estimate of drug-likeness (QED) is 0.141. The number of anilines is 1. The van der Waals surface area contributed by atoms with E-state index in [1.54, 1.807) is 38.0 Å². The fraction of sp³-hybridized carbons (Fsp3) is 0.457. The fourth-order valence-electron chi connectivity index (χ4n) is 5.12. The predicted octanol–water partition coefficient (Wildman–Crippen LogP) is 1.90. The van der Waals surface area contributed by atoms with Crippen molar-refractivity contribution in [3.63, 3.8) is 0 Å². The van der Waals surface area contributed by atoms with Crippen LogP contribution in [0.1, 0.15) is 72.5 Å². The van der Waals surface area contributed by atoms with Crippen molar-refractivity contribution in [3.05, 3.63) is 83.2 Å². The standard InChI is InChI=1S/C35H50N8O6S/c1-9-36-35(47)31(22(2)3)41-32(44)24(5)37-20-29(15-25-13-11-10-12-14-25)40-34(46)27-16-26(17-30(18-27)43(7)50(8,48)49)33(45)39-23(4)28-19-38-42(6)21-28/h10-14,16-19,21-24,29,31,37H,9,15,20H2,1-8H3,(H,36,47)(H,39,45)(H,40,46)(H,41,44)/t23?,24-,29-,31-/m0/s1. The molecule has 0 spiro atoms. The Bertz CT molecular complexity index is 1740. The molecule has 0 aliphatic heterocycles. The summed E-state index contributed by atoms with van der Waals surface area (Å²) in [6, 6.07) is 11.4. The molecule has 15 heteroatoms. The number of nitrogens with zero attached hydrogens (tertiary/aromatic N) is 3. The Labute approximate surface area is 294 Å². The molecule has 0 saturated carbocycles. The molecule has 0 aliphatic rings. The molecule has 1 aromatic heterocycles. The van der Waals surface area contributed by atoms with Crippen LogP contribution in [0.5, 0.6) is 0 Å². The van der Waals surface area contributed by atoms with Gasteiger partial charge in [0.15, 0.2) is 0 Å². The largest absolute Gasteiger partial charge is 0.355 e. The van der Waals surface area contributed by atoms with Crippen molar-refractivity contribution in [2.75, 3.05) is 30.7 Å². The molecule has 0 aliphatic carbocycles. The summed E-state index contributed by atoms with van der Waals surface area (Å²) in [5, 5.41) is 18.8. The number of aryl methyl sites for hydroxylation is 1. The summed E-state index contributed by atoms with van der Waals surface area (Å²) in [6.07, 6.45) is 4.84. The number of carbonyl (C=O) groups excluding carboxylic acids is 4. The Balaban J connectivity index is 1.86. The molecule has 4 atom stereocenters. The highest BCUT2D eigenvalue weighted by Gasteiger charge is 2.27. The first kappa shape index (κ1) is 39.7. The Kier molecular flexibility index (Phi) is 14.1. The van der Waals surface area contributed by atoms with Gasteiger partial charge in [-0.1, -0.05) is 44.2 Å². The molecule has 3 aromatic rings. The SMILES string of the molecule is CCNC(=O)[C@@H](NC(=O)[C@H](C)NC[C@H](Cc1ccccc1)NC(=O)c1cc(C(=O)NC(C)c2cnn(C)c2)cc(N(C)S(C)(=O)=O)c1)C(C)C. The number of amides is 4. The maximum absolute atomic E-state index is 13.9. The molecule has 14 nitrogen and oxygen atoms in total. The minimum atomic E-state index is -3.73. The lowest BCUT2D eigenvalue weighted by Gasteiger charge is -2.25. The van der Waals surface area contributed by atoms with Gasteiger partial charge < -0.3 is 26.6 Å². The van der Waals surface area contributed by atoms with Crippen molar-refractivity contribution in [2.24, 2.45) is 13.0 Å². The maximum Gasteiger partial charge on any atom is 0.251 e. The minimum Gasteiger partial charge on any atom is -0.355 e. The van der Waals surface area contributed by atoms with Crippen molar-refractivity contribution < 1.29 is 27.6 Å². The van der Waals surface area contributed by atoms with Crippen molar-refractivity contribution in [1.82, 2.24) is 36.4 Å². The molecule has 0 radical (unpaired) electrons. The van der Waals surface area contributed by atoms with Gasteiger partial charge in [-0.2, -0.15) is 5.10 Å². The normalized spacial score (nSPS) is 13.9. The van der Waals surface area contributed by atoms with E-state index in [4.69, 9.17) is 0 Å². The zero-order valence-electron chi connectivity index (χ0n) is 30.0. The Morgan fingerprint density at radius 1 is 0.900 bits per heavy atom. The first-order chi connectivity index (χ1) is 23.5. The molecule has 1 heterocycles. The highest BCUT2D eigenvalue weighted by Crippen LogP contribution is 2.22. The zero-order valence-corrected chi connectivity index (χ0v) is 30.8. The Hall–Kier alpha value is -4.76. The van der Waals surface area contributed by atoms with E-state index in [-0.39, 0.29) is 41.1 Å². The summed E-state index contributed by atoms with van der Waals surface area (Å²) in [5.41, 5.74) is 2.00. The summed E-state index contributed by atoms with van der Waals surface area (Å²) in [5.74, 6) is -1.81. The number of nitrogens with one attached hydrogen (secondary N) is 5. The average Bonchev–Trinajstić information content (AvgIpc) is 3.51. The molecule has 5 N–H and O–H groups in total.